The molecule has 1 aromatic carbocycles. The molecule has 3 rings (SSSR count). The van der Waals surface area contributed by atoms with Gasteiger partial charge in [0.05, 0.1) is 4.90 Å². The Morgan fingerprint density at radius 3 is 2.23 bits per heavy atom. The third-order valence-electron chi connectivity index (χ3n) is 7.38. The van der Waals surface area contributed by atoms with Crippen LogP contribution >= 0.6 is 0 Å². The summed E-state index contributed by atoms with van der Waals surface area (Å²) in [5.41, 5.74) is 1.99. The summed E-state index contributed by atoms with van der Waals surface area (Å²) in [5, 5.41) is 3.08. The zero-order chi connectivity index (χ0) is 22.8. The molecule has 174 valence electrons. The Labute approximate surface area is 188 Å². The monoisotopic (exact) mass is 449 g/mol. The lowest BCUT2D eigenvalue weighted by Gasteiger charge is -2.40. The van der Waals surface area contributed by atoms with Crippen LogP contribution in [0, 0.1) is 19.8 Å². The number of carbonyl (C=O) groups is 1. The van der Waals surface area contributed by atoms with Crippen molar-refractivity contribution in [3.8, 4) is 0 Å². The first-order valence-corrected chi connectivity index (χ1v) is 13.1. The summed E-state index contributed by atoms with van der Waals surface area (Å²) in [6.07, 6.45) is 2.33. The number of hydrogen-bond acceptors (Lipinski definition) is 5. The molecule has 0 radical (unpaired) electrons. The van der Waals surface area contributed by atoms with Crippen molar-refractivity contribution < 1.29 is 13.2 Å². The molecule has 1 aliphatic carbocycles. The summed E-state index contributed by atoms with van der Waals surface area (Å²) < 4.78 is 26.1. The molecule has 1 saturated heterocycles. The van der Waals surface area contributed by atoms with E-state index in [9.17, 15) is 13.2 Å². The minimum atomic E-state index is -3.77. The summed E-state index contributed by atoms with van der Waals surface area (Å²) in [7, 11) is -1.64. The zero-order valence-corrected chi connectivity index (χ0v) is 20.6. The second-order valence-corrected chi connectivity index (χ2v) is 12.1. The fraction of sp³-hybridized carbons (Fsp3) is 0.708. The van der Waals surface area contributed by atoms with Gasteiger partial charge in [0.1, 0.15) is 0 Å². The molecular formula is C24H39N3O3S. The molecule has 7 heteroatoms. The van der Waals surface area contributed by atoms with Crippen molar-refractivity contribution in [3.63, 3.8) is 0 Å². The largest absolute Gasteiger partial charge is 0.353 e. The van der Waals surface area contributed by atoms with E-state index >= 15 is 0 Å². The van der Waals surface area contributed by atoms with Crippen LogP contribution in [0.4, 0.5) is 0 Å². The van der Waals surface area contributed by atoms with Crippen LogP contribution in [0.5, 0.6) is 0 Å². The predicted octanol–water partition coefficient (Wildman–Crippen LogP) is 2.78. The number of hydrogen-bond donors (Lipinski definition) is 1. The number of likely N-dealkylation sites (N-methyl/N-ethyl adjacent to an activating group) is 1. The van der Waals surface area contributed by atoms with Crippen molar-refractivity contribution in [3.05, 3.63) is 29.3 Å². The lowest BCUT2D eigenvalue weighted by atomic mass is 10.0. The quantitative estimate of drug-likeness (QED) is 0.693. The molecule has 0 unspecified atom stereocenters. The number of amides is 1. The maximum absolute atomic E-state index is 13.7. The molecule has 0 aromatic heterocycles. The smallest absolute Gasteiger partial charge is 0.241 e. The Kier molecular flexibility index (Phi) is 7.49. The summed E-state index contributed by atoms with van der Waals surface area (Å²) in [6.45, 7) is 12.7. The summed E-state index contributed by atoms with van der Waals surface area (Å²) in [6, 6.07) is 5.43. The number of aryl methyl sites for hydroxylation is 2. The highest BCUT2D eigenvalue weighted by molar-refractivity contribution is 7.93. The van der Waals surface area contributed by atoms with Crippen LogP contribution in [-0.2, 0) is 14.6 Å². The standard InChI is InChI=1S/C24H39N3O3S/c1-18(2)22(27-14-12-26(5)13-15-27)17-25-23(28)24(10-6-7-11-24)31(29,30)21-9-8-19(3)20(4)16-21/h8-9,16,18,22H,6-7,10-15,17H2,1-5H3,(H,25,28)/t22-/m0/s1. The van der Waals surface area contributed by atoms with Gasteiger partial charge in [-0.2, -0.15) is 0 Å². The second kappa shape index (κ2) is 9.59. The minimum absolute atomic E-state index is 0.209. The van der Waals surface area contributed by atoms with E-state index in [1.54, 1.807) is 12.1 Å². The lowest BCUT2D eigenvalue weighted by Crippen LogP contribution is -2.57. The maximum Gasteiger partial charge on any atom is 0.241 e. The third-order valence-corrected chi connectivity index (χ3v) is 9.87. The SMILES string of the molecule is Cc1ccc(S(=O)(=O)C2(C(=O)NC[C@@H](C(C)C)N3CCN(C)CC3)CCCC2)cc1C. The molecule has 1 heterocycles. The van der Waals surface area contributed by atoms with Crippen LogP contribution in [0.1, 0.15) is 50.7 Å². The van der Waals surface area contributed by atoms with Gasteiger partial charge in [0.15, 0.2) is 14.6 Å². The first-order valence-electron chi connectivity index (χ1n) is 11.6. The average Bonchev–Trinajstić information content (AvgIpc) is 3.23. The van der Waals surface area contributed by atoms with Crippen molar-refractivity contribution in [2.24, 2.45) is 5.92 Å². The van der Waals surface area contributed by atoms with Gasteiger partial charge >= 0.3 is 0 Å². The van der Waals surface area contributed by atoms with Gasteiger partial charge in [-0.25, -0.2) is 8.42 Å². The number of rotatable bonds is 7. The van der Waals surface area contributed by atoms with Gasteiger partial charge in [-0.1, -0.05) is 32.8 Å². The van der Waals surface area contributed by atoms with E-state index in [0.29, 0.717) is 25.3 Å². The van der Waals surface area contributed by atoms with Crippen molar-refractivity contribution in [2.45, 2.75) is 69.1 Å². The molecule has 1 aromatic rings. The van der Waals surface area contributed by atoms with Crippen molar-refractivity contribution in [1.82, 2.24) is 15.1 Å². The molecule has 1 aliphatic heterocycles. The first kappa shape index (κ1) is 24.2. The number of benzene rings is 1. The predicted molar refractivity (Wildman–Crippen MR) is 125 cm³/mol. The van der Waals surface area contributed by atoms with E-state index < -0.39 is 14.6 Å². The number of nitrogens with one attached hydrogen (secondary N) is 1. The average molecular weight is 450 g/mol. The zero-order valence-electron chi connectivity index (χ0n) is 19.8. The maximum atomic E-state index is 13.7. The van der Waals surface area contributed by atoms with Crippen molar-refractivity contribution in [2.75, 3.05) is 39.8 Å². The van der Waals surface area contributed by atoms with Gasteiger partial charge in [0, 0.05) is 38.8 Å². The van der Waals surface area contributed by atoms with E-state index in [4.69, 9.17) is 0 Å². The van der Waals surface area contributed by atoms with Gasteiger partial charge in [0.25, 0.3) is 0 Å². The number of sulfone groups is 1. The molecule has 1 saturated carbocycles. The molecular weight excluding hydrogens is 410 g/mol. The Bertz CT molecular complexity index is 883. The normalized spacial score (nSPS) is 21.4. The van der Waals surface area contributed by atoms with Crippen LogP contribution in [0.25, 0.3) is 0 Å². The lowest BCUT2D eigenvalue weighted by molar-refractivity contribution is -0.124. The van der Waals surface area contributed by atoms with E-state index in [1.807, 2.05) is 19.9 Å². The van der Waals surface area contributed by atoms with Gasteiger partial charge in [-0.05, 0) is 62.9 Å². The summed E-state index contributed by atoms with van der Waals surface area (Å²) in [4.78, 5) is 18.5. The highest BCUT2D eigenvalue weighted by Gasteiger charge is 2.53. The topological polar surface area (TPSA) is 69.7 Å². The molecule has 2 fully saturated rings. The molecule has 31 heavy (non-hydrogen) atoms. The van der Waals surface area contributed by atoms with Crippen LogP contribution in [0.2, 0.25) is 0 Å². The van der Waals surface area contributed by atoms with E-state index in [2.05, 4.69) is 36.0 Å². The molecule has 1 atom stereocenters. The Hall–Kier alpha value is -1.44. The van der Waals surface area contributed by atoms with Crippen molar-refractivity contribution in [1.29, 1.82) is 0 Å². The van der Waals surface area contributed by atoms with E-state index in [1.165, 1.54) is 0 Å². The van der Waals surface area contributed by atoms with Gasteiger partial charge in [-0.15, -0.1) is 0 Å². The Balaban J connectivity index is 1.80. The molecule has 1 amide bonds. The molecule has 0 spiro atoms. The fourth-order valence-electron chi connectivity index (χ4n) is 4.97. The highest BCUT2D eigenvalue weighted by Crippen LogP contribution is 2.41. The fourth-order valence-corrected chi connectivity index (χ4v) is 7.14. The summed E-state index contributed by atoms with van der Waals surface area (Å²) >= 11 is 0. The highest BCUT2D eigenvalue weighted by atomic mass is 32.2. The number of piperazine rings is 1. The van der Waals surface area contributed by atoms with Gasteiger partial charge in [-0.3, -0.25) is 9.69 Å². The number of carbonyl (C=O) groups excluding carboxylic acids is 1. The van der Waals surface area contributed by atoms with Crippen LogP contribution in [0.3, 0.4) is 0 Å². The Morgan fingerprint density at radius 2 is 1.68 bits per heavy atom. The summed E-state index contributed by atoms with van der Waals surface area (Å²) in [5.74, 6) is 0.0580. The van der Waals surface area contributed by atoms with Gasteiger partial charge in [0.2, 0.25) is 5.91 Å². The van der Waals surface area contributed by atoms with Crippen LogP contribution < -0.4 is 5.32 Å². The third kappa shape index (κ3) is 4.83. The molecule has 6 nitrogen and oxygen atoms in total. The molecule has 2 aliphatic rings. The van der Waals surface area contributed by atoms with Crippen molar-refractivity contribution >= 4 is 15.7 Å². The van der Waals surface area contributed by atoms with Crippen LogP contribution in [0.15, 0.2) is 23.1 Å². The minimum Gasteiger partial charge on any atom is -0.353 e. The van der Waals surface area contributed by atoms with Crippen LogP contribution in [-0.4, -0.2) is 74.7 Å². The first-order chi connectivity index (χ1) is 14.6. The Morgan fingerprint density at radius 1 is 1.06 bits per heavy atom. The second-order valence-electron chi connectivity index (χ2n) is 9.81. The number of nitrogens with zero attached hydrogens (tertiary/aromatic N) is 2. The van der Waals surface area contributed by atoms with Gasteiger partial charge < -0.3 is 10.2 Å². The van der Waals surface area contributed by atoms with E-state index in [0.717, 1.165) is 50.1 Å². The molecule has 0 bridgehead atoms. The van der Waals surface area contributed by atoms with E-state index in [-0.39, 0.29) is 16.8 Å². The molecule has 1 N–H and O–H groups in total.